The van der Waals surface area contributed by atoms with Gasteiger partial charge in [0, 0.05) is 11.4 Å². The molecule has 3 aromatic carbocycles. The van der Waals surface area contributed by atoms with Crippen molar-refractivity contribution in [1.29, 1.82) is 0 Å². The zero-order valence-corrected chi connectivity index (χ0v) is 13.6. The first-order valence-corrected chi connectivity index (χ1v) is 7.71. The molecule has 24 heavy (non-hydrogen) atoms. The molecule has 0 aliphatic rings. The molecule has 3 rings (SSSR count). The third kappa shape index (κ3) is 3.43. The van der Waals surface area contributed by atoms with Crippen LogP contribution < -0.4 is 10.6 Å². The number of hydrogen-bond donors (Lipinski definition) is 2. The summed E-state index contributed by atoms with van der Waals surface area (Å²) in [5, 5.41) is 7.36. The smallest absolute Gasteiger partial charge is 0.314 e. The molecule has 0 unspecified atom stereocenters. The summed E-state index contributed by atoms with van der Waals surface area (Å²) in [4.78, 5) is 24.2. The second kappa shape index (κ2) is 6.54. The van der Waals surface area contributed by atoms with E-state index in [-0.39, 0.29) is 0 Å². The summed E-state index contributed by atoms with van der Waals surface area (Å²) in [6.07, 6.45) is 0. The molecule has 2 amide bonds. The topological polar surface area (TPSA) is 58.2 Å². The number of carbonyl (C=O) groups is 2. The van der Waals surface area contributed by atoms with Crippen molar-refractivity contribution < 1.29 is 9.59 Å². The molecular weight excluding hydrogens is 300 g/mol. The third-order valence-electron chi connectivity index (χ3n) is 3.84. The van der Waals surface area contributed by atoms with Crippen LogP contribution in [0.25, 0.3) is 10.8 Å². The van der Waals surface area contributed by atoms with E-state index in [9.17, 15) is 9.59 Å². The first-order valence-electron chi connectivity index (χ1n) is 7.71. The van der Waals surface area contributed by atoms with Gasteiger partial charge < -0.3 is 10.6 Å². The largest absolute Gasteiger partial charge is 0.318 e. The van der Waals surface area contributed by atoms with Crippen LogP contribution >= 0.6 is 0 Å². The van der Waals surface area contributed by atoms with E-state index in [0.29, 0.717) is 11.4 Å². The summed E-state index contributed by atoms with van der Waals surface area (Å²) in [5.74, 6) is -1.37. The van der Waals surface area contributed by atoms with Crippen LogP contribution in [0.3, 0.4) is 0 Å². The summed E-state index contributed by atoms with van der Waals surface area (Å²) >= 11 is 0. The van der Waals surface area contributed by atoms with Gasteiger partial charge in [0.2, 0.25) is 0 Å². The molecule has 0 bridgehead atoms. The van der Waals surface area contributed by atoms with Gasteiger partial charge in [0.1, 0.15) is 0 Å². The van der Waals surface area contributed by atoms with Crippen molar-refractivity contribution in [3.8, 4) is 0 Å². The highest BCUT2D eigenvalue weighted by molar-refractivity contribution is 6.43. The maximum atomic E-state index is 12.1. The van der Waals surface area contributed by atoms with Crippen LogP contribution in [0.1, 0.15) is 11.1 Å². The van der Waals surface area contributed by atoms with Crippen LogP contribution in [0.5, 0.6) is 0 Å². The summed E-state index contributed by atoms with van der Waals surface area (Å²) in [6.45, 7) is 3.87. The number of benzene rings is 3. The SMILES string of the molecule is Cc1ccc(NC(=O)C(=O)Nc2ccc3ccccc3c2)c(C)c1. The average Bonchev–Trinajstić information content (AvgIpc) is 2.57. The van der Waals surface area contributed by atoms with Crippen LogP contribution in [0.2, 0.25) is 0 Å². The number of nitrogens with one attached hydrogen (secondary N) is 2. The Bertz CT molecular complexity index is 932. The Hall–Kier alpha value is -3.14. The normalized spacial score (nSPS) is 10.4. The monoisotopic (exact) mass is 318 g/mol. The molecular formula is C20H18N2O2. The molecule has 4 heteroatoms. The molecule has 0 radical (unpaired) electrons. The third-order valence-corrected chi connectivity index (χ3v) is 3.84. The fraction of sp³-hybridized carbons (Fsp3) is 0.100. The van der Waals surface area contributed by atoms with Gasteiger partial charge >= 0.3 is 11.8 Å². The predicted octanol–water partition coefficient (Wildman–Crippen LogP) is 4.03. The minimum Gasteiger partial charge on any atom is -0.318 e. The van der Waals surface area contributed by atoms with Gasteiger partial charge in [-0.05, 0) is 48.4 Å². The number of fused-ring (bicyclic) bond motifs is 1. The van der Waals surface area contributed by atoms with Gasteiger partial charge in [0.05, 0.1) is 0 Å². The lowest BCUT2D eigenvalue weighted by molar-refractivity contribution is -0.133. The van der Waals surface area contributed by atoms with Crippen molar-refractivity contribution in [2.45, 2.75) is 13.8 Å². The molecule has 0 saturated heterocycles. The second-order valence-corrected chi connectivity index (χ2v) is 5.79. The van der Waals surface area contributed by atoms with Crippen LogP contribution in [0.4, 0.5) is 11.4 Å². The zero-order chi connectivity index (χ0) is 17.1. The lowest BCUT2D eigenvalue weighted by atomic mass is 10.1. The summed E-state index contributed by atoms with van der Waals surface area (Å²) in [5.41, 5.74) is 3.25. The highest BCUT2D eigenvalue weighted by atomic mass is 16.2. The second-order valence-electron chi connectivity index (χ2n) is 5.79. The standard InChI is InChI=1S/C20H18N2O2/c1-13-7-10-18(14(2)11-13)22-20(24)19(23)21-17-9-8-15-5-3-4-6-16(15)12-17/h3-12H,1-2H3,(H,21,23)(H,22,24). The molecule has 0 aromatic heterocycles. The van der Waals surface area contributed by atoms with Crippen LogP contribution in [0.15, 0.2) is 60.7 Å². The number of carbonyl (C=O) groups excluding carboxylic acids is 2. The summed E-state index contributed by atoms with van der Waals surface area (Å²) in [6, 6.07) is 19.0. The van der Waals surface area contributed by atoms with Gasteiger partial charge in [-0.3, -0.25) is 9.59 Å². The quantitative estimate of drug-likeness (QED) is 0.701. The summed E-state index contributed by atoms with van der Waals surface area (Å²) in [7, 11) is 0. The Morgan fingerprint density at radius 1 is 0.750 bits per heavy atom. The Balaban J connectivity index is 1.72. The minimum absolute atomic E-state index is 0.592. The maximum Gasteiger partial charge on any atom is 0.314 e. The number of rotatable bonds is 2. The van der Waals surface area contributed by atoms with Crippen molar-refractivity contribution in [2.75, 3.05) is 10.6 Å². The van der Waals surface area contributed by atoms with Gasteiger partial charge in [-0.25, -0.2) is 0 Å². The van der Waals surface area contributed by atoms with Gasteiger partial charge in [-0.1, -0.05) is 48.0 Å². The molecule has 120 valence electrons. The van der Waals surface area contributed by atoms with Gasteiger partial charge in [0.25, 0.3) is 0 Å². The number of anilines is 2. The van der Waals surface area contributed by atoms with E-state index in [1.54, 1.807) is 12.1 Å². The Morgan fingerprint density at radius 3 is 2.21 bits per heavy atom. The maximum absolute atomic E-state index is 12.1. The molecule has 0 spiro atoms. The lowest BCUT2D eigenvalue weighted by Gasteiger charge is -2.10. The number of amides is 2. The van der Waals surface area contributed by atoms with E-state index >= 15 is 0 Å². The van der Waals surface area contributed by atoms with E-state index in [1.165, 1.54) is 0 Å². The van der Waals surface area contributed by atoms with Gasteiger partial charge in [-0.2, -0.15) is 0 Å². The molecule has 2 N–H and O–H groups in total. The van der Waals surface area contributed by atoms with Crippen molar-refractivity contribution >= 4 is 34.0 Å². The molecule has 4 nitrogen and oxygen atoms in total. The van der Waals surface area contributed by atoms with Crippen LogP contribution in [-0.2, 0) is 9.59 Å². The minimum atomic E-state index is -0.690. The number of aryl methyl sites for hydroxylation is 2. The Kier molecular flexibility index (Phi) is 4.29. The molecule has 0 atom stereocenters. The van der Waals surface area contributed by atoms with E-state index in [1.807, 2.05) is 62.4 Å². The fourth-order valence-corrected chi connectivity index (χ4v) is 2.59. The first kappa shape index (κ1) is 15.7. The van der Waals surface area contributed by atoms with E-state index in [0.717, 1.165) is 21.9 Å². The van der Waals surface area contributed by atoms with Crippen molar-refractivity contribution in [3.05, 3.63) is 71.8 Å². The van der Waals surface area contributed by atoms with Crippen LogP contribution in [0, 0.1) is 13.8 Å². The fourth-order valence-electron chi connectivity index (χ4n) is 2.59. The van der Waals surface area contributed by atoms with E-state index < -0.39 is 11.8 Å². The van der Waals surface area contributed by atoms with E-state index in [2.05, 4.69) is 10.6 Å². The van der Waals surface area contributed by atoms with Crippen molar-refractivity contribution in [3.63, 3.8) is 0 Å². The Labute approximate surface area is 140 Å². The van der Waals surface area contributed by atoms with E-state index in [4.69, 9.17) is 0 Å². The highest BCUT2D eigenvalue weighted by Gasteiger charge is 2.15. The molecule has 3 aromatic rings. The van der Waals surface area contributed by atoms with Crippen molar-refractivity contribution in [1.82, 2.24) is 0 Å². The lowest BCUT2D eigenvalue weighted by Crippen LogP contribution is -2.29. The number of hydrogen-bond acceptors (Lipinski definition) is 2. The van der Waals surface area contributed by atoms with Crippen LogP contribution in [-0.4, -0.2) is 11.8 Å². The Morgan fingerprint density at radius 2 is 1.46 bits per heavy atom. The predicted molar refractivity (Wildman–Crippen MR) is 97.1 cm³/mol. The summed E-state index contributed by atoms with van der Waals surface area (Å²) < 4.78 is 0. The average molecular weight is 318 g/mol. The highest BCUT2D eigenvalue weighted by Crippen LogP contribution is 2.19. The molecule has 0 saturated carbocycles. The van der Waals surface area contributed by atoms with Gasteiger partial charge in [-0.15, -0.1) is 0 Å². The molecule has 0 heterocycles. The molecule has 0 fully saturated rings. The zero-order valence-electron chi connectivity index (χ0n) is 13.6. The van der Waals surface area contributed by atoms with Gasteiger partial charge in [0.15, 0.2) is 0 Å². The first-order chi connectivity index (χ1) is 11.5. The van der Waals surface area contributed by atoms with Crippen molar-refractivity contribution in [2.24, 2.45) is 0 Å². The molecule has 0 aliphatic carbocycles. The molecule has 0 aliphatic heterocycles.